The number of aryl methyl sites for hydroxylation is 3. The van der Waals surface area contributed by atoms with E-state index in [0.29, 0.717) is 29.5 Å². The number of aromatic nitrogens is 2. The van der Waals surface area contributed by atoms with E-state index in [1.807, 2.05) is 49.4 Å². The number of benzene rings is 2. The topological polar surface area (TPSA) is 46.9 Å². The number of hydrogen-bond acceptors (Lipinski definition) is 2. The molecule has 0 saturated carbocycles. The molecule has 0 aliphatic rings. The van der Waals surface area contributed by atoms with Gasteiger partial charge in [-0.1, -0.05) is 65.7 Å². The summed E-state index contributed by atoms with van der Waals surface area (Å²) in [5.74, 6) is -0.202. The fourth-order valence-electron chi connectivity index (χ4n) is 2.98. The zero-order valence-corrected chi connectivity index (χ0v) is 16.0. The fourth-order valence-corrected chi connectivity index (χ4v) is 3.30. The Balaban J connectivity index is 1.75. The van der Waals surface area contributed by atoms with Gasteiger partial charge in [0.15, 0.2) is 0 Å². The molecule has 1 N–H and O–H groups in total. The van der Waals surface area contributed by atoms with Gasteiger partial charge < -0.3 is 5.32 Å². The largest absolute Gasteiger partial charge is 0.348 e. The first kappa shape index (κ1) is 18.2. The summed E-state index contributed by atoms with van der Waals surface area (Å²) in [6.07, 6.45) is 0. The zero-order chi connectivity index (χ0) is 18.7. The average Bonchev–Trinajstić information content (AvgIpc) is 2.88. The minimum atomic E-state index is -0.202. The number of hydrogen-bond donors (Lipinski definition) is 1. The van der Waals surface area contributed by atoms with Crippen molar-refractivity contribution in [3.63, 3.8) is 0 Å². The Morgan fingerprint density at radius 3 is 2.54 bits per heavy atom. The van der Waals surface area contributed by atoms with Crippen LogP contribution < -0.4 is 5.32 Å². The third-order valence-electron chi connectivity index (χ3n) is 4.41. The Labute approximate surface area is 158 Å². The molecule has 0 radical (unpaired) electrons. The molecule has 26 heavy (non-hydrogen) atoms. The summed E-state index contributed by atoms with van der Waals surface area (Å²) in [6, 6.07) is 16.1. The highest BCUT2D eigenvalue weighted by Crippen LogP contribution is 2.21. The maximum Gasteiger partial charge on any atom is 0.256 e. The minimum absolute atomic E-state index is 0.202. The lowest BCUT2D eigenvalue weighted by Crippen LogP contribution is -2.24. The minimum Gasteiger partial charge on any atom is -0.348 e. The Morgan fingerprint density at radius 1 is 1.12 bits per heavy atom. The zero-order valence-electron chi connectivity index (χ0n) is 15.2. The highest BCUT2D eigenvalue weighted by molar-refractivity contribution is 6.33. The third kappa shape index (κ3) is 3.97. The van der Waals surface area contributed by atoms with Crippen LogP contribution in [0.2, 0.25) is 5.15 Å². The standard InChI is InChI=1S/C21H22ClN3O/c1-14-9-10-18(15(2)11-14)12-23-21(26)19-16(3)24-25(20(19)22)13-17-7-5-4-6-8-17/h4-11H,12-13H2,1-3H3,(H,23,26). The molecule has 0 fully saturated rings. The van der Waals surface area contributed by atoms with E-state index in [4.69, 9.17) is 11.6 Å². The molecule has 134 valence electrons. The van der Waals surface area contributed by atoms with E-state index in [0.717, 1.165) is 16.7 Å². The van der Waals surface area contributed by atoms with Crippen LogP contribution >= 0.6 is 11.6 Å². The van der Waals surface area contributed by atoms with Gasteiger partial charge in [0.25, 0.3) is 5.91 Å². The predicted octanol–water partition coefficient (Wildman–Crippen LogP) is 4.44. The van der Waals surface area contributed by atoms with Crippen molar-refractivity contribution in [3.8, 4) is 0 Å². The molecule has 0 spiro atoms. The lowest BCUT2D eigenvalue weighted by molar-refractivity contribution is 0.0950. The van der Waals surface area contributed by atoms with Crippen LogP contribution in [-0.2, 0) is 13.1 Å². The Hall–Kier alpha value is -2.59. The van der Waals surface area contributed by atoms with Crippen LogP contribution in [-0.4, -0.2) is 15.7 Å². The third-order valence-corrected chi connectivity index (χ3v) is 4.79. The van der Waals surface area contributed by atoms with Crippen molar-refractivity contribution >= 4 is 17.5 Å². The van der Waals surface area contributed by atoms with Crippen molar-refractivity contribution in [2.75, 3.05) is 0 Å². The number of halogens is 1. The molecular weight excluding hydrogens is 346 g/mol. The highest BCUT2D eigenvalue weighted by atomic mass is 35.5. The first-order valence-electron chi connectivity index (χ1n) is 8.57. The van der Waals surface area contributed by atoms with Gasteiger partial charge in [0.2, 0.25) is 0 Å². The quantitative estimate of drug-likeness (QED) is 0.724. The Morgan fingerprint density at radius 2 is 1.85 bits per heavy atom. The van der Waals surface area contributed by atoms with E-state index in [9.17, 15) is 4.79 Å². The van der Waals surface area contributed by atoms with Crippen molar-refractivity contribution in [1.29, 1.82) is 0 Å². The molecule has 0 unspecified atom stereocenters. The maximum absolute atomic E-state index is 12.7. The van der Waals surface area contributed by atoms with Crippen LogP contribution in [0.1, 0.15) is 38.3 Å². The second kappa shape index (κ2) is 7.75. The summed E-state index contributed by atoms with van der Waals surface area (Å²) in [7, 11) is 0. The Bertz CT molecular complexity index is 932. The van der Waals surface area contributed by atoms with Crippen LogP contribution in [0.3, 0.4) is 0 Å². The van der Waals surface area contributed by atoms with E-state index in [1.165, 1.54) is 5.56 Å². The molecule has 0 atom stereocenters. The molecule has 5 heteroatoms. The van der Waals surface area contributed by atoms with Gasteiger partial charge in [-0.15, -0.1) is 0 Å². The number of carbonyl (C=O) groups is 1. The summed E-state index contributed by atoms with van der Waals surface area (Å²) < 4.78 is 1.66. The van der Waals surface area contributed by atoms with Gasteiger partial charge in [0.05, 0.1) is 17.8 Å². The number of carbonyl (C=O) groups excluding carboxylic acids is 1. The van der Waals surface area contributed by atoms with Crippen molar-refractivity contribution in [3.05, 3.63) is 87.2 Å². The van der Waals surface area contributed by atoms with Gasteiger partial charge in [-0.25, -0.2) is 4.68 Å². The second-order valence-electron chi connectivity index (χ2n) is 6.51. The van der Waals surface area contributed by atoms with Crippen LogP contribution in [0.4, 0.5) is 0 Å². The normalized spacial score (nSPS) is 10.8. The van der Waals surface area contributed by atoms with Gasteiger partial charge in [0, 0.05) is 6.54 Å². The van der Waals surface area contributed by atoms with Crippen LogP contribution in [0, 0.1) is 20.8 Å². The summed E-state index contributed by atoms with van der Waals surface area (Å²) in [5.41, 5.74) is 5.61. The maximum atomic E-state index is 12.7. The molecule has 3 aromatic rings. The van der Waals surface area contributed by atoms with E-state index in [2.05, 4.69) is 23.4 Å². The highest BCUT2D eigenvalue weighted by Gasteiger charge is 2.20. The summed E-state index contributed by atoms with van der Waals surface area (Å²) in [6.45, 7) is 6.90. The molecule has 1 heterocycles. The number of nitrogens with zero attached hydrogens (tertiary/aromatic N) is 2. The molecular formula is C21H22ClN3O. The fraction of sp³-hybridized carbons (Fsp3) is 0.238. The monoisotopic (exact) mass is 367 g/mol. The van der Waals surface area contributed by atoms with Crippen LogP contribution in [0.25, 0.3) is 0 Å². The molecule has 0 saturated heterocycles. The van der Waals surface area contributed by atoms with E-state index in [-0.39, 0.29) is 5.91 Å². The van der Waals surface area contributed by atoms with Crippen LogP contribution in [0.15, 0.2) is 48.5 Å². The average molecular weight is 368 g/mol. The summed E-state index contributed by atoms with van der Waals surface area (Å²) in [5, 5.41) is 7.76. The number of amides is 1. The smallest absolute Gasteiger partial charge is 0.256 e. The van der Waals surface area contributed by atoms with E-state index >= 15 is 0 Å². The molecule has 0 aliphatic carbocycles. The molecule has 1 amide bonds. The van der Waals surface area contributed by atoms with E-state index in [1.54, 1.807) is 11.6 Å². The van der Waals surface area contributed by atoms with Crippen molar-refractivity contribution in [1.82, 2.24) is 15.1 Å². The lowest BCUT2D eigenvalue weighted by Gasteiger charge is -2.09. The number of rotatable bonds is 5. The molecule has 3 rings (SSSR count). The van der Waals surface area contributed by atoms with Gasteiger partial charge in [-0.3, -0.25) is 4.79 Å². The molecule has 0 bridgehead atoms. The van der Waals surface area contributed by atoms with Crippen molar-refractivity contribution in [2.45, 2.75) is 33.9 Å². The molecule has 1 aromatic heterocycles. The lowest BCUT2D eigenvalue weighted by atomic mass is 10.1. The number of nitrogens with one attached hydrogen (secondary N) is 1. The van der Waals surface area contributed by atoms with Crippen molar-refractivity contribution in [2.24, 2.45) is 0 Å². The Kier molecular flexibility index (Phi) is 5.43. The molecule has 4 nitrogen and oxygen atoms in total. The molecule has 0 aliphatic heterocycles. The van der Waals surface area contributed by atoms with Crippen molar-refractivity contribution < 1.29 is 4.79 Å². The van der Waals surface area contributed by atoms with Gasteiger partial charge >= 0.3 is 0 Å². The summed E-state index contributed by atoms with van der Waals surface area (Å²) in [4.78, 5) is 12.7. The van der Waals surface area contributed by atoms with E-state index < -0.39 is 0 Å². The first-order valence-corrected chi connectivity index (χ1v) is 8.94. The van der Waals surface area contributed by atoms with Gasteiger partial charge in [-0.2, -0.15) is 5.10 Å². The SMILES string of the molecule is Cc1ccc(CNC(=O)c2c(C)nn(Cc3ccccc3)c2Cl)c(C)c1. The van der Waals surface area contributed by atoms with Gasteiger partial charge in [-0.05, 0) is 37.5 Å². The first-order chi connectivity index (χ1) is 12.5. The second-order valence-corrected chi connectivity index (χ2v) is 6.87. The predicted molar refractivity (Wildman–Crippen MR) is 105 cm³/mol. The van der Waals surface area contributed by atoms with Crippen LogP contribution in [0.5, 0.6) is 0 Å². The molecule has 2 aromatic carbocycles. The van der Waals surface area contributed by atoms with Gasteiger partial charge in [0.1, 0.15) is 5.15 Å². The summed E-state index contributed by atoms with van der Waals surface area (Å²) >= 11 is 6.45.